The molecule has 120 valence electrons. The first-order chi connectivity index (χ1) is 11.2. The van der Waals surface area contributed by atoms with E-state index in [0.717, 1.165) is 31.5 Å². The zero-order valence-electron chi connectivity index (χ0n) is 13.1. The van der Waals surface area contributed by atoms with Gasteiger partial charge in [-0.25, -0.2) is 0 Å². The van der Waals surface area contributed by atoms with E-state index in [1.165, 1.54) is 5.56 Å². The molecule has 0 aromatic heterocycles. The summed E-state index contributed by atoms with van der Waals surface area (Å²) in [5.74, 6) is 0.388. The molecule has 1 heterocycles. The maximum absolute atomic E-state index is 12.6. The van der Waals surface area contributed by atoms with Gasteiger partial charge < -0.3 is 15.7 Å². The lowest BCUT2D eigenvalue weighted by molar-refractivity contribution is -0.133. The highest BCUT2D eigenvalue weighted by Crippen LogP contribution is 2.28. The number of carbonyl (C=O) groups is 1. The summed E-state index contributed by atoms with van der Waals surface area (Å²) >= 11 is 0. The van der Waals surface area contributed by atoms with Crippen LogP contribution >= 0.6 is 0 Å². The van der Waals surface area contributed by atoms with Crippen molar-refractivity contribution in [2.45, 2.75) is 12.8 Å². The summed E-state index contributed by atoms with van der Waals surface area (Å²) in [5, 5.41) is 15.6. The molecule has 0 bridgehead atoms. The van der Waals surface area contributed by atoms with Gasteiger partial charge in [0.2, 0.25) is 5.91 Å². The van der Waals surface area contributed by atoms with Crippen molar-refractivity contribution in [1.29, 1.82) is 0 Å². The molecular weight excluding hydrogens is 288 g/mol. The fourth-order valence-electron chi connectivity index (χ4n) is 2.95. The lowest BCUT2D eigenvalue weighted by Crippen LogP contribution is -2.62. The standard InChI is InChI=1S/C19H22N2O2/c22-17-8-6-15(7-9-17)10-11-21-18(23)19(13-20-14-19)12-16-4-2-1-3-5-16/h1-9,20,22H,10-14H2,(H,21,23). The van der Waals surface area contributed by atoms with E-state index in [2.05, 4.69) is 22.8 Å². The molecular formula is C19H22N2O2. The van der Waals surface area contributed by atoms with Gasteiger partial charge in [-0.3, -0.25) is 4.79 Å². The maximum atomic E-state index is 12.6. The summed E-state index contributed by atoms with van der Waals surface area (Å²) in [6.07, 6.45) is 1.53. The molecule has 1 aliphatic heterocycles. The lowest BCUT2D eigenvalue weighted by atomic mass is 9.75. The van der Waals surface area contributed by atoms with Gasteiger partial charge in [0.1, 0.15) is 5.75 Å². The Morgan fingerprint density at radius 3 is 2.35 bits per heavy atom. The van der Waals surface area contributed by atoms with Crippen molar-refractivity contribution in [2.75, 3.05) is 19.6 Å². The van der Waals surface area contributed by atoms with E-state index in [9.17, 15) is 9.90 Å². The van der Waals surface area contributed by atoms with Gasteiger partial charge in [0.15, 0.2) is 0 Å². The highest BCUT2D eigenvalue weighted by atomic mass is 16.3. The molecule has 4 heteroatoms. The number of hydrogen-bond donors (Lipinski definition) is 3. The molecule has 2 aromatic rings. The van der Waals surface area contributed by atoms with E-state index in [1.807, 2.05) is 30.3 Å². The maximum Gasteiger partial charge on any atom is 0.229 e. The van der Waals surface area contributed by atoms with E-state index in [1.54, 1.807) is 12.1 Å². The molecule has 1 aliphatic rings. The van der Waals surface area contributed by atoms with Gasteiger partial charge in [0.05, 0.1) is 5.41 Å². The Bertz CT molecular complexity index is 649. The Balaban J connectivity index is 1.54. The van der Waals surface area contributed by atoms with Crippen molar-refractivity contribution in [2.24, 2.45) is 5.41 Å². The quantitative estimate of drug-likeness (QED) is 0.763. The first-order valence-corrected chi connectivity index (χ1v) is 7.99. The predicted octanol–water partition coefficient (Wildman–Crippen LogP) is 1.88. The molecule has 0 saturated carbocycles. The van der Waals surface area contributed by atoms with Crippen LogP contribution in [0.4, 0.5) is 0 Å². The highest BCUT2D eigenvalue weighted by Gasteiger charge is 2.43. The number of nitrogens with one attached hydrogen (secondary N) is 2. The van der Waals surface area contributed by atoms with E-state index in [4.69, 9.17) is 0 Å². The zero-order chi connectivity index (χ0) is 16.1. The minimum absolute atomic E-state index is 0.124. The third-order valence-corrected chi connectivity index (χ3v) is 4.43. The van der Waals surface area contributed by atoms with Crippen LogP contribution in [0, 0.1) is 5.41 Å². The fraction of sp³-hybridized carbons (Fsp3) is 0.316. The molecule has 1 amide bonds. The average Bonchev–Trinajstić information content (AvgIpc) is 2.53. The number of phenols is 1. The van der Waals surface area contributed by atoms with E-state index in [0.29, 0.717) is 6.54 Å². The molecule has 0 spiro atoms. The molecule has 0 atom stereocenters. The normalized spacial score (nSPS) is 15.7. The lowest BCUT2D eigenvalue weighted by Gasteiger charge is -2.41. The van der Waals surface area contributed by atoms with E-state index >= 15 is 0 Å². The van der Waals surface area contributed by atoms with Crippen LogP contribution in [0.5, 0.6) is 5.75 Å². The van der Waals surface area contributed by atoms with E-state index < -0.39 is 0 Å². The van der Waals surface area contributed by atoms with Crippen molar-refractivity contribution in [3.05, 3.63) is 65.7 Å². The number of benzene rings is 2. The number of carbonyl (C=O) groups excluding carboxylic acids is 1. The molecule has 2 aromatic carbocycles. The van der Waals surface area contributed by atoms with Gasteiger partial charge in [-0.05, 0) is 36.1 Å². The summed E-state index contributed by atoms with van der Waals surface area (Å²) in [6, 6.07) is 17.3. The molecule has 3 rings (SSSR count). The molecule has 3 N–H and O–H groups in total. The van der Waals surface area contributed by atoms with Crippen LogP contribution in [-0.2, 0) is 17.6 Å². The summed E-state index contributed by atoms with van der Waals surface area (Å²) in [4.78, 5) is 12.6. The summed E-state index contributed by atoms with van der Waals surface area (Å²) < 4.78 is 0. The van der Waals surface area contributed by atoms with Crippen molar-refractivity contribution in [3.8, 4) is 5.75 Å². The van der Waals surface area contributed by atoms with Crippen molar-refractivity contribution >= 4 is 5.91 Å². The Labute approximate surface area is 136 Å². The zero-order valence-corrected chi connectivity index (χ0v) is 13.1. The Hall–Kier alpha value is -2.33. The molecule has 0 radical (unpaired) electrons. The summed E-state index contributed by atoms with van der Waals surface area (Å²) in [6.45, 7) is 2.07. The van der Waals surface area contributed by atoms with Gasteiger partial charge in [-0.15, -0.1) is 0 Å². The monoisotopic (exact) mass is 310 g/mol. The van der Waals surface area contributed by atoms with Gasteiger partial charge in [-0.2, -0.15) is 0 Å². The Morgan fingerprint density at radius 1 is 1.04 bits per heavy atom. The minimum atomic E-state index is -0.323. The number of hydrogen-bond acceptors (Lipinski definition) is 3. The van der Waals surface area contributed by atoms with Crippen molar-refractivity contribution < 1.29 is 9.90 Å². The smallest absolute Gasteiger partial charge is 0.229 e. The molecule has 4 nitrogen and oxygen atoms in total. The molecule has 0 unspecified atom stereocenters. The van der Waals surface area contributed by atoms with Crippen molar-refractivity contribution in [1.82, 2.24) is 10.6 Å². The first-order valence-electron chi connectivity index (χ1n) is 7.99. The van der Waals surface area contributed by atoms with Crippen LogP contribution in [0.1, 0.15) is 11.1 Å². The van der Waals surface area contributed by atoms with Crippen LogP contribution < -0.4 is 10.6 Å². The third kappa shape index (κ3) is 3.71. The largest absolute Gasteiger partial charge is 0.508 e. The SMILES string of the molecule is O=C(NCCc1ccc(O)cc1)C1(Cc2ccccc2)CNC1. The van der Waals surface area contributed by atoms with Crippen LogP contribution in [0.15, 0.2) is 54.6 Å². The van der Waals surface area contributed by atoms with E-state index in [-0.39, 0.29) is 17.1 Å². The second kappa shape index (κ2) is 6.84. The number of amides is 1. The van der Waals surface area contributed by atoms with Gasteiger partial charge in [-0.1, -0.05) is 42.5 Å². The van der Waals surface area contributed by atoms with Gasteiger partial charge >= 0.3 is 0 Å². The topological polar surface area (TPSA) is 61.4 Å². The number of rotatable bonds is 6. The van der Waals surface area contributed by atoms with Gasteiger partial charge in [0.25, 0.3) is 0 Å². The average molecular weight is 310 g/mol. The van der Waals surface area contributed by atoms with Gasteiger partial charge in [0, 0.05) is 19.6 Å². The van der Waals surface area contributed by atoms with Crippen LogP contribution in [0.2, 0.25) is 0 Å². The summed E-state index contributed by atoms with van der Waals surface area (Å²) in [5.41, 5.74) is 1.98. The molecule has 1 saturated heterocycles. The first kappa shape index (κ1) is 15.6. The Morgan fingerprint density at radius 2 is 1.74 bits per heavy atom. The number of aromatic hydroxyl groups is 1. The number of phenolic OH excluding ortho intramolecular Hbond substituents is 1. The minimum Gasteiger partial charge on any atom is -0.508 e. The second-order valence-electron chi connectivity index (χ2n) is 6.22. The fourth-order valence-corrected chi connectivity index (χ4v) is 2.95. The molecule has 23 heavy (non-hydrogen) atoms. The second-order valence-corrected chi connectivity index (χ2v) is 6.22. The summed E-state index contributed by atoms with van der Waals surface area (Å²) in [7, 11) is 0. The highest BCUT2D eigenvalue weighted by molar-refractivity contribution is 5.84. The predicted molar refractivity (Wildman–Crippen MR) is 90.3 cm³/mol. The van der Waals surface area contributed by atoms with Crippen LogP contribution in [0.3, 0.4) is 0 Å². The third-order valence-electron chi connectivity index (χ3n) is 4.43. The Kier molecular flexibility index (Phi) is 4.63. The van der Waals surface area contributed by atoms with Crippen molar-refractivity contribution in [3.63, 3.8) is 0 Å². The van der Waals surface area contributed by atoms with Crippen LogP contribution in [0.25, 0.3) is 0 Å². The molecule has 0 aliphatic carbocycles. The molecule has 1 fully saturated rings. The van der Waals surface area contributed by atoms with Crippen LogP contribution in [-0.4, -0.2) is 30.6 Å².